The minimum absolute atomic E-state index is 0.599. The quantitative estimate of drug-likeness (QED) is 0.728. The number of halogens is 2. The van der Waals surface area contributed by atoms with Gasteiger partial charge in [0.25, 0.3) is 0 Å². The van der Waals surface area contributed by atoms with Gasteiger partial charge >= 0.3 is 0 Å². The smallest absolute Gasteiger partial charge is 0.144 e. The summed E-state index contributed by atoms with van der Waals surface area (Å²) in [6.45, 7) is 0.876. The molecule has 3 aromatic rings. The number of rotatable bonds is 3. The molecule has 1 N–H and O–H groups in total. The Balaban J connectivity index is 1.93. The van der Waals surface area contributed by atoms with Gasteiger partial charge in [-0.15, -0.1) is 0 Å². The molecule has 24 heavy (non-hydrogen) atoms. The molecule has 4 rings (SSSR count). The molecule has 0 amide bonds. The van der Waals surface area contributed by atoms with Gasteiger partial charge in [0.1, 0.15) is 17.3 Å². The van der Waals surface area contributed by atoms with E-state index >= 15 is 0 Å². The van der Waals surface area contributed by atoms with Crippen LogP contribution in [0.5, 0.6) is 5.75 Å². The van der Waals surface area contributed by atoms with Crippen molar-refractivity contribution in [2.24, 2.45) is 0 Å². The summed E-state index contributed by atoms with van der Waals surface area (Å²) in [5, 5.41) is 9.45. The van der Waals surface area contributed by atoms with E-state index in [1.165, 1.54) is 0 Å². The van der Waals surface area contributed by atoms with Crippen LogP contribution in [0.2, 0.25) is 10.0 Å². The summed E-state index contributed by atoms with van der Waals surface area (Å²) in [6.07, 6.45) is 0.902. The molecule has 6 heteroatoms. The van der Waals surface area contributed by atoms with E-state index in [-0.39, 0.29) is 0 Å². The number of benzene rings is 2. The highest BCUT2D eigenvalue weighted by molar-refractivity contribution is 6.36. The van der Waals surface area contributed by atoms with Crippen LogP contribution in [0.1, 0.15) is 5.56 Å². The monoisotopic (exact) mass is 359 g/mol. The van der Waals surface area contributed by atoms with Gasteiger partial charge in [0, 0.05) is 22.7 Å². The van der Waals surface area contributed by atoms with E-state index in [9.17, 15) is 0 Å². The minimum Gasteiger partial charge on any atom is -0.494 e. The number of nitrogens with one attached hydrogen (secondary N) is 1. The second-order valence-corrected chi connectivity index (χ2v) is 6.40. The molecule has 0 bridgehead atoms. The molecule has 0 radical (unpaired) electrons. The van der Waals surface area contributed by atoms with Crippen LogP contribution in [-0.2, 0) is 6.42 Å². The largest absolute Gasteiger partial charge is 0.494 e. The minimum atomic E-state index is 0.599. The normalized spacial score (nSPS) is 12.8. The van der Waals surface area contributed by atoms with Crippen LogP contribution in [0.25, 0.3) is 16.9 Å². The van der Waals surface area contributed by atoms with Crippen molar-refractivity contribution in [1.29, 1.82) is 0 Å². The van der Waals surface area contributed by atoms with E-state index in [2.05, 4.69) is 5.32 Å². The van der Waals surface area contributed by atoms with Crippen LogP contribution in [-0.4, -0.2) is 23.4 Å². The van der Waals surface area contributed by atoms with Crippen molar-refractivity contribution in [3.63, 3.8) is 0 Å². The number of hydrogen-bond acceptors (Lipinski definition) is 3. The predicted molar refractivity (Wildman–Crippen MR) is 97.8 cm³/mol. The van der Waals surface area contributed by atoms with Gasteiger partial charge in [-0.25, -0.2) is 4.68 Å². The standard InChI is InChI=1S/C18H15Cl2N3O/c1-24-16-5-3-2-4-15(16)23-18-13(8-9-21-18)17(22-23)12-7-6-11(19)10-14(12)20/h2-7,10,21H,8-9H2,1H3. The number of hydrogen-bond donors (Lipinski definition) is 1. The maximum atomic E-state index is 6.40. The molecule has 1 aromatic heterocycles. The van der Waals surface area contributed by atoms with Crippen LogP contribution < -0.4 is 10.1 Å². The van der Waals surface area contributed by atoms with Crippen LogP contribution in [0.4, 0.5) is 5.82 Å². The lowest BCUT2D eigenvalue weighted by molar-refractivity contribution is 0.412. The van der Waals surface area contributed by atoms with Crippen molar-refractivity contribution < 1.29 is 4.74 Å². The number of fused-ring (bicyclic) bond motifs is 1. The molecule has 122 valence electrons. The molecule has 0 aliphatic carbocycles. The van der Waals surface area contributed by atoms with E-state index in [0.29, 0.717) is 10.0 Å². The first-order valence-corrected chi connectivity index (χ1v) is 8.39. The topological polar surface area (TPSA) is 39.1 Å². The molecule has 0 atom stereocenters. The van der Waals surface area contributed by atoms with Gasteiger partial charge in [-0.2, -0.15) is 5.10 Å². The van der Waals surface area contributed by atoms with Crippen molar-refractivity contribution in [1.82, 2.24) is 9.78 Å². The average molecular weight is 360 g/mol. The van der Waals surface area contributed by atoms with Gasteiger partial charge in [-0.05, 0) is 36.8 Å². The molecule has 0 saturated heterocycles. The van der Waals surface area contributed by atoms with Crippen molar-refractivity contribution >= 4 is 29.0 Å². The third-order valence-corrected chi connectivity index (χ3v) is 4.70. The lowest BCUT2D eigenvalue weighted by atomic mass is 10.1. The van der Waals surface area contributed by atoms with Crippen molar-refractivity contribution in [3.8, 4) is 22.7 Å². The molecule has 2 heterocycles. The third kappa shape index (κ3) is 2.43. The number of para-hydroxylation sites is 2. The van der Waals surface area contributed by atoms with Crippen LogP contribution in [0.3, 0.4) is 0 Å². The first kappa shape index (κ1) is 15.4. The first-order chi connectivity index (χ1) is 11.7. The van der Waals surface area contributed by atoms with Gasteiger partial charge in [0.15, 0.2) is 0 Å². The molecule has 0 unspecified atom stereocenters. The van der Waals surface area contributed by atoms with Crippen LogP contribution in [0, 0.1) is 0 Å². The first-order valence-electron chi connectivity index (χ1n) is 7.63. The number of nitrogens with zero attached hydrogens (tertiary/aromatic N) is 2. The SMILES string of the molecule is COc1ccccc1-n1nc(-c2ccc(Cl)cc2Cl)c2c1NCC2. The van der Waals surface area contributed by atoms with E-state index in [1.807, 2.05) is 41.1 Å². The summed E-state index contributed by atoms with van der Waals surface area (Å²) in [7, 11) is 1.66. The Morgan fingerprint density at radius 1 is 1.17 bits per heavy atom. The van der Waals surface area contributed by atoms with Crippen LogP contribution in [0.15, 0.2) is 42.5 Å². The highest BCUT2D eigenvalue weighted by Gasteiger charge is 2.26. The second-order valence-electron chi connectivity index (χ2n) is 5.56. The highest BCUT2D eigenvalue weighted by atomic mass is 35.5. The molecule has 0 fully saturated rings. The highest BCUT2D eigenvalue weighted by Crippen LogP contribution is 2.39. The zero-order valence-corrected chi connectivity index (χ0v) is 14.5. The fourth-order valence-corrected chi connectivity index (χ4v) is 3.55. The Bertz CT molecular complexity index is 921. The zero-order chi connectivity index (χ0) is 16.7. The molecule has 2 aromatic carbocycles. The number of aromatic nitrogens is 2. The van der Waals surface area contributed by atoms with Gasteiger partial charge in [-0.1, -0.05) is 35.3 Å². The number of methoxy groups -OCH3 is 1. The van der Waals surface area contributed by atoms with E-state index < -0.39 is 0 Å². The lowest BCUT2D eigenvalue weighted by Crippen LogP contribution is -2.05. The number of anilines is 1. The summed E-state index contributed by atoms with van der Waals surface area (Å²) in [4.78, 5) is 0. The molecule has 0 spiro atoms. The Hall–Kier alpha value is -2.17. The summed E-state index contributed by atoms with van der Waals surface area (Å²) < 4.78 is 7.37. The van der Waals surface area contributed by atoms with Gasteiger partial charge < -0.3 is 10.1 Å². The van der Waals surface area contributed by atoms with Gasteiger partial charge in [0.2, 0.25) is 0 Å². The van der Waals surface area contributed by atoms with Crippen LogP contribution >= 0.6 is 23.2 Å². The summed E-state index contributed by atoms with van der Waals surface area (Å²) >= 11 is 12.4. The Morgan fingerprint density at radius 2 is 2.00 bits per heavy atom. The summed E-state index contributed by atoms with van der Waals surface area (Å²) in [5.41, 5.74) is 3.81. The van der Waals surface area contributed by atoms with Crippen molar-refractivity contribution in [3.05, 3.63) is 58.1 Å². The molecular formula is C18H15Cl2N3O. The summed E-state index contributed by atoms with van der Waals surface area (Å²) in [5.74, 6) is 1.76. The number of ether oxygens (including phenoxy) is 1. The molecule has 1 aliphatic rings. The molecule has 0 saturated carbocycles. The van der Waals surface area contributed by atoms with E-state index in [4.69, 9.17) is 33.0 Å². The van der Waals surface area contributed by atoms with Gasteiger partial charge in [-0.3, -0.25) is 0 Å². The van der Waals surface area contributed by atoms with Crippen molar-refractivity contribution in [2.45, 2.75) is 6.42 Å². The van der Waals surface area contributed by atoms with Gasteiger partial charge in [0.05, 0.1) is 17.8 Å². The molecule has 4 nitrogen and oxygen atoms in total. The molecular weight excluding hydrogens is 345 g/mol. The molecule has 1 aliphatic heterocycles. The fraction of sp³-hybridized carbons (Fsp3) is 0.167. The predicted octanol–water partition coefficient (Wildman–Crippen LogP) is 4.82. The fourth-order valence-electron chi connectivity index (χ4n) is 3.05. The second kappa shape index (κ2) is 6.04. The Kier molecular flexibility index (Phi) is 3.87. The van der Waals surface area contributed by atoms with E-state index in [1.54, 1.807) is 13.2 Å². The Labute approximate surface area is 150 Å². The van der Waals surface area contributed by atoms with E-state index in [0.717, 1.165) is 47.0 Å². The maximum Gasteiger partial charge on any atom is 0.144 e. The van der Waals surface area contributed by atoms with Crippen molar-refractivity contribution in [2.75, 3.05) is 19.0 Å². The third-order valence-electron chi connectivity index (χ3n) is 4.15. The average Bonchev–Trinajstić information content (AvgIpc) is 3.18. The lowest BCUT2D eigenvalue weighted by Gasteiger charge is -2.10. The Morgan fingerprint density at radius 3 is 2.79 bits per heavy atom. The maximum absolute atomic E-state index is 6.40. The zero-order valence-electron chi connectivity index (χ0n) is 13.0. The summed E-state index contributed by atoms with van der Waals surface area (Å²) in [6, 6.07) is 13.3.